The number of amides is 3. The molecule has 3 N–H and O–H groups in total. The second-order valence-electron chi connectivity index (χ2n) is 18.7. The first kappa shape index (κ1) is 42.5. The van der Waals surface area contributed by atoms with Crippen molar-refractivity contribution >= 4 is 17.9 Å². The average Bonchev–Trinajstić information content (AvgIpc) is 4.14. The van der Waals surface area contributed by atoms with Gasteiger partial charge in [0.15, 0.2) is 0 Å². The number of aryl methyl sites for hydroxylation is 2. The summed E-state index contributed by atoms with van der Waals surface area (Å²) in [6.45, 7) is 11.4. The fourth-order valence-electron chi connectivity index (χ4n) is 10.5. The summed E-state index contributed by atoms with van der Waals surface area (Å²) in [6.07, 6.45) is 8.90. The van der Waals surface area contributed by atoms with Crippen LogP contribution in [0.5, 0.6) is 0 Å². The number of piperidine rings is 1. The molecule has 0 radical (unpaired) electrons. The Morgan fingerprint density at radius 3 is 2.22 bits per heavy atom. The third-order valence-electron chi connectivity index (χ3n) is 13.6. The van der Waals surface area contributed by atoms with Crippen molar-refractivity contribution in [2.45, 2.75) is 96.9 Å². The molecule has 5 unspecified atom stereocenters. The van der Waals surface area contributed by atoms with Gasteiger partial charge in [-0.3, -0.25) is 14.5 Å². The summed E-state index contributed by atoms with van der Waals surface area (Å²) in [5.41, 5.74) is 9.57. The maximum Gasteiger partial charge on any atom is 0.407 e. The third kappa shape index (κ3) is 8.52. The Morgan fingerprint density at radius 1 is 0.905 bits per heavy atom. The lowest BCUT2D eigenvalue weighted by Crippen LogP contribution is -2.54. The van der Waals surface area contributed by atoms with E-state index in [1.165, 1.54) is 29.4 Å². The molecular formula is C50H60N8O5. The zero-order chi connectivity index (χ0) is 43.8. The van der Waals surface area contributed by atoms with E-state index in [1.54, 1.807) is 4.90 Å². The van der Waals surface area contributed by atoms with Crippen molar-refractivity contribution < 1.29 is 23.9 Å². The number of carbonyl (C=O) groups is 3. The van der Waals surface area contributed by atoms with Gasteiger partial charge in [0.2, 0.25) is 11.8 Å². The highest BCUT2D eigenvalue weighted by atomic mass is 16.5. The third-order valence-corrected chi connectivity index (χ3v) is 13.6. The number of morpholine rings is 1. The summed E-state index contributed by atoms with van der Waals surface area (Å²) in [5.74, 6) is 1.95. The number of likely N-dealkylation sites (tertiary alicyclic amines) is 1. The quantitative estimate of drug-likeness (QED) is 0.115. The van der Waals surface area contributed by atoms with Crippen molar-refractivity contribution in [1.29, 1.82) is 0 Å². The predicted molar refractivity (Wildman–Crippen MR) is 241 cm³/mol. The molecule has 9 rings (SSSR count). The van der Waals surface area contributed by atoms with Crippen molar-refractivity contribution in [1.82, 2.24) is 40.0 Å². The number of nitrogens with one attached hydrogen (secondary N) is 3. The van der Waals surface area contributed by atoms with E-state index in [1.807, 2.05) is 58.3 Å². The first-order valence-electron chi connectivity index (χ1n) is 22.7. The molecule has 4 aliphatic rings. The Bertz CT molecular complexity index is 2450. The van der Waals surface area contributed by atoms with Crippen LogP contribution in [0.1, 0.15) is 93.8 Å². The molecule has 13 heteroatoms. The maximum absolute atomic E-state index is 14.8. The smallest absolute Gasteiger partial charge is 0.407 e. The summed E-state index contributed by atoms with van der Waals surface area (Å²) >= 11 is 0. The van der Waals surface area contributed by atoms with Gasteiger partial charge in [-0.2, -0.15) is 0 Å². The number of methoxy groups -OCH3 is 1. The van der Waals surface area contributed by atoms with Crippen molar-refractivity contribution in [3.8, 4) is 33.6 Å². The molecule has 2 aliphatic heterocycles. The van der Waals surface area contributed by atoms with E-state index < -0.39 is 17.6 Å². The van der Waals surface area contributed by atoms with Crippen LogP contribution in [0.25, 0.3) is 33.6 Å². The summed E-state index contributed by atoms with van der Waals surface area (Å²) in [5, 5.41) is 2.74. The van der Waals surface area contributed by atoms with Crippen LogP contribution in [0.2, 0.25) is 0 Å². The lowest BCUT2D eigenvalue weighted by molar-refractivity contribution is -0.144. The molecule has 2 saturated heterocycles. The zero-order valence-corrected chi connectivity index (χ0v) is 37.2. The number of aromatic amines is 2. The SMILES string of the molecule is CCCN(Cc1ncc(-c2ccc3c(c2)CCc2cc(-c4cnc(C5C6CCC(C6)N5C(=O)C(c5ccccc5)N5CCOCC5)[nH]4)ccc2-3)[nH]1)C(=O)C(NC(=O)OC)C(C)(C)C. The van der Waals surface area contributed by atoms with Crippen LogP contribution in [-0.2, 0) is 38.4 Å². The zero-order valence-electron chi connectivity index (χ0n) is 37.2. The first-order valence-corrected chi connectivity index (χ1v) is 22.7. The van der Waals surface area contributed by atoms with Crippen LogP contribution in [0, 0.1) is 11.3 Å². The molecule has 4 heterocycles. The standard InChI is InChI=1S/C50H60N8O5/c1-6-20-57(48(60)45(50(2,3)4)55-49(61)62-5)30-42-51-28-40(53-42)34-15-18-38-32(25-34)12-13-33-26-35(16-19-39(33)38)41-29-52-46(54-41)43-36-14-17-37(27-36)58(43)47(59)44(31-10-8-7-9-11-31)56-21-23-63-24-22-56/h7-11,15-16,18-19,25-26,28-29,36-37,43-45H,6,12-14,17,20-24,27,30H2,1-5H3,(H,51,53)(H,52,54)(H,55,61). The molecule has 5 aromatic rings. The van der Waals surface area contributed by atoms with Crippen molar-refractivity contribution in [3.05, 3.63) is 107 Å². The van der Waals surface area contributed by atoms with Gasteiger partial charge in [-0.15, -0.1) is 0 Å². The Kier molecular flexibility index (Phi) is 12.0. The fourth-order valence-corrected chi connectivity index (χ4v) is 10.5. The van der Waals surface area contributed by atoms with Gasteiger partial charge in [-0.05, 0) is 101 Å². The number of fused-ring (bicyclic) bond motifs is 5. The first-order chi connectivity index (χ1) is 30.5. The molecule has 0 spiro atoms. The molecule has 3 amide bonds. The highest BCUT2D eigenvalue weighted by molar-refractivity contribution is 5.87. The number of hydrogen-bond donors (Lipinski definition) is 3. The Hall–Kier alpha value is -5.79. The van der Waals surface area contributed by atoms with Crippen LogP contribution in [0.15, 0.2) is 79.1 Å². The number of imidazole rings is 2. The van der Waals surface area contributed by atoms with E-state index in [4.69, 9.17) is 14.5 Å². The number of hydrogen-bond acceptors (Lipinski definition) is 8. The van der Waals surface area contributed by atoms with Gasteiger partial charge in [0.25, 0.3) is 0 Å². The minimum Gasteiger partial charge on any atom is -0.453 e. The summed E-state index contributed by atoms with van der Waals surface area (Å²) in [6, 6.07) is 22.6. The van der Waals surface area contributed by atoms with E-state index in [2.05, 4.69) is 78.6 Å². The van der Waals surface area contributed by atoms with E-state index >= 15 is 0 Å². The predicted octanol–water partition coefficient (Wildman–Crippen LogP) is 7.87. The van der Waals surface area contributed by atoms with Gasteiger partial charge in [0, 0.05) is 25.7 Å². The molecule has 330 valence electrons. The van der Waals surface area contributed by atoms with Crippen LogP contribution in [0.3, 0.4) is 0 Å². The van der Waals surface area contributed by atoms with E-state index in [9.17, 15) is 14.4 Å². The monoisotopic (exact) mass is 852 g/mol. The van der Waals surface area contributed by atoms with Gasteiger partial charge >= 0.3 is 6.09 Å². The maximum atomic E-state index is 14.8. The highest BCUT2D eigenvalue weighted by Gasteiger charge is 2.52. The molecule has 5 atom stereocenters. The number of ether oxygens (including phenoxy) is 2. The van der Waals surface area contributed by atoms with Crippen molar-refractivity contribution in [3.63, 3.8) is 0 Å². The molecule has 13 nitrogen and oxygen atoms in total. The number of carbonyl (C=O) groups excluding carboxylic acids is 3. The molecule has 3 aromatic carbocycles. The molecule has 2 aromatic heterocycles. The minimum atomic E-state index is -0.753. The number of nitrogens with zero attached hydrogens (tertiary/aromatic N) is 5. The van der Waals surface area contributed by atoms with Gasteiger partial charge in [0.05, 0.1) is 56.7 Å². The lowest BCUT2D eigenvalue weighted by atomic mass is 9.83. The second-order valence-corrected chi connectivity index (χ2v) is 18.7. The van der Waals surface area contributed by atoms with Crippen LogP contribution >= 0.6 is 0 Å². The molecule has 2 aliphatic carbocycles. The number of H-pyrrole nitrogens is 2. The van der Waals surface area contributed by atoms with Gasteiger partial charge in [0.1, 0.15) is 23.7 Å². The number of benzene rings is 3. The molecule has 3 fully saturated rings. The van der Waals surface area contributed by atoms with Gasteiger partial charge in [-0.1, -0.05) is 82.3 Å². The summed E-state index contributed by atoms with van der Waals surface area (Å²) in [4.78, 5) is 63.8. The number of alkyl carbamates (subject to hydrolysis) is 1. The Balaban J connectivity index is 0.911. The average molecular weight is 853 g/mol. The van der Waals surface area contributed by atoms with Gasteiger partial charge in [-0.25, -0.2) is 14.8 Å². The fraction of sp³-hybridized carbons (Fsp3) is 0.460. The largest absolute Gasteiger partial charge is 0.453 e. The molecular weight excluding hydrogens is 793 g/mol. The van der Waals surface area contributed by atoms with Crippen molar-refractivity contribution in [2.75, 3.05) is 40.0 Å². The molecule has 63 heavy (non-hydrogen) atoms. The number of rotatable bonds is 12. The number of aromatic nitrogens is 4. The van der Waals surface area contributed by atoms with Crippen LogP contribution in [-0.4, -0.2) is 105 Å². The molecule has 2 bridgehead atoms. The van der Waals surface area contributed by atoms with Crippen LogP contribution in [0.4, 0.5) is 4.79 Å². The lowest BCUT2D eigenvalue weighted by Gasteiger charge is -2.41. The van der Waals surface area contributed by atoms with E-state index in [0.29, 0.717) is 38.0 Å². The highest BCUT2D eigenvalue weighted by Crippen LogP contribution is 2.51. The van der Waals surface area contributed by atoms with Crippen molar-refractivity contribution in [2.24, 2.45) is 11.3 Å². The summed E-state index contributed by atoms with van der Waals surface area (Å²) < 4.78 is 10.5. The second kappa shape index (κ2) is 17.8. The Labute approximate surface area is 370 Å². The normalized spacial score (nSPS) is 20.5. The summed E-state index contributed by atoms with van der Waals surface area (Å²) in [7, 11) is 1.30. The van der Waals surface area contributed by atoms with Crippen LogP contribution < -0.4 is 5.32 Å². The van der Waals surface area contributed by atoms with E-state index in [-0.39, 0.29) is 29.9 Å². The molecule has 1 saturated carbocycles. The van der Waals surface area contributed by atoms with Gasteiger partial charge < -0.3 is 34.6 Å². The Morgan fingerprint density at radius 2 is 1.57 bits per heavy atom. The minimum absolute atomic E-state index is 0.0733. The topological polar surface area (TPSA) is 149 Å². The van der Waals surface area contributed by atoms with E-state index in [0.717, 1.165) is 85.5 Å².